The maximum Gasteiger partial charge on any atom is 0.335 e. The third kappa shape index (κ3) is 5.04. The summed E-state index contributed by atoms with van der Waals surface area (Å²) < 4.78 is 11.1. The molecule has 6 heteroatoms. The van der Waals surface area contributed by atoms with Crippen molar-refractivity contribution in [3.63, 3.8) is 0 Å². The number of carbonyl (C=O) groups is 2. The fourth-order valence-corrected chi connectivity index (χ4v) is 2.49. The smallest absolute Gasteiger partial charge is 0.335 e. The first kappa shape index (κ1) is 17.4. The van der Waals surface area contributed by atoms with Crippen LogP contribution < -0.4 is 5.32 Å². The van der Waals surface area contributed by atoms with Gasteiger partial charge in [0.05, 0.1) is 18.3 Å². The summed E-state index contributed by atoms with van der Waals surface area (Å²) in [6.45, 7) is 4.55. The number of amides is 1. The quantitative estimate of drug-likeness (QED) is 0.841. The lowest BCUT2D eigenvalue weighted by Crippen LogP contribution is -2.32. The highest BCUT2D eigenvalue weighted by atomic mass is 16.5. The molecular weight excluding hydrogens is 298 g/mol. The minimum absolute atomic E-state index is 0.0658. The Balaban J connectivity index is 1.85. The van der Waals surface area contributed by atoms with Crippen LogP contribution in [0.1, 0.15) is 42.1 Å². The monoisotopic (exact) mass is 321 g/mol. The van der Waals surface area contributed by atoms with E-state index in [4.69, 9.17) is 14.6 Å². The van der Waals surface area contributed by atoms with Gasteiger partial charge < -0.3 is 19.9 Å². The van der Waals surface area contributed by atoms with Gasteiger partial charge >= 0.3 is 5.97 Å². The van der Waals surface area contributed by atoms with E-state index in [2.05, 4.69) is 5.32 Å². The van der Waals surface area contributed by atoms with E-state index in [-0.39, 0.29) is 17.6 Å². The Bertz CT molecular complexity index is 566. The zero-order valence-corrected chi connectivity index (χ0v) is 13.5. The molecule has 0 radical (unpaired) electrons. The van der Waals surface area contributed by atoms with Crippen LogP contribution in [0, 0.1) is 6.92 Å². The SMILES string of the molecule is Cc1cc(NC(=O)C(C)OCC2CCCCO2)ccc1C(=O)O. The average molecular weight is 321 g/mol. The number of anilines is 1. The molecule has 2 atom stereocenters. The molecular formula is C17H23NO5. The fourth-order valence-electron chi connectivity index (χ4n) is 2.49. The molecule has 1 amide bonds. The molecule has 0 aromatic heterocycles. The van der Waals surface area contributed by atoms with Crippen molar-refractivity contribution in [2.24, 2.45) is 0 Å². The largest absolute Gasteiger partial charge is 0.478 e. The van der Waals surface area contributed by atoms with Crippen LogP contribution in [0.25, 0.3) is 0 Å². The van der Waals surface area contributed by atoms with Crippen molar-refractivity contribution in [2.75, 3.05) is 18.5 Å². The highest BCUT2D eigenvalue weighted by molar-refractivity contribution is 5.95. The van der Waals surface area contributed by atoms with Crippen molar-refractivity contribution in [3.8, 4) is 0 Å². The molecule has 1 aliphatic rings. The van der Waals surface area contributed by atoms with E-state index < -0.39 is 12.1 Å². The number of benzene rings is 1. The number of carbonyl (C=O) groups excluding carboxylic acids is 1. The van der Waals surface area contributed by atoms with Gasteiger partial charge in [0.2, 0.25) is 0 Å². The van der Waals surface area contributed by atoms with E-state index in [9.17, 15) is 9.59 Å². The third-order valence-electron chi connectivity index (χ3n) is 3.90. The van der Waals surface area contributed by atoms with Gasteiger partial charge in [-0.1, -0.05) is 0 Å². The number of hydrogen-bond donors (Lipinski definition) is 2. The summed E-state index contributed by atoms with van der Waals surface area (Å²) in [5.41, 5.74) is 1.38. The van der Waals surface area contributed by atoms with E-state index >= 15 is 0 Å². The Kier molecular flexibility index (Phi) is 6.12. The summed E-state index contributed by atoms with van der Waals surface area (Å²) in [5, 5.41) is 11.7. The predicted molar refractivity (Wildman–Crippen MR) is 85.8 cm³/mol. The van der Waals surface area contributed by atoms with Crippen molar-refractivity contribution in [3.05, 3.63) is 29.3 Å². The van der Waals surface area contributed by atoms with E-state index in [1.807, 2.05) is 0 Å². The first-order valence-corrected chi connectivity index (χ1v) is 7.85. The molecule has 0 bridgehead atoms. The molecule has 0 saturated carbocycles. The van der Waals surface area contributed by atoms with E-state index in [1.165, 1.54) is 6.07 Å². The molecule has 2 rings (SSSR count). The van der Waals surface area contributed by atoms with Crippen LogP contribution in [0.4, 0.5) is 5.69 Å². The van der Waals surface area contributed by atoms with Gasteiger partial charge in [0, 0.05) is 12.3 Å². The number of nitrogens with one attached hydrogen (secondary N) is 1. The van der Waals surface area contributed by atoms with Gasteiger partial charge in [0.15, 0.2) is 0 Å². The highest BCUT2D eigenvalue weighted by Gasteiger charge is 2.19. The van der Waals surface area contributed by atoms with Crippen LogP contribution in [0.2, 0.25) is 0 Å². The lowest BCUT2D eigenvalue weighted by atomic mass is 10.1. The number of carboxylic acids is 1. The van der Waals surface area contributed by atoms with Crippen molar-refractivity contribution in [1.82, 2.24) is 0 Å². The van der Waals surface area contributed by atoms with E-state index in [0.29, 0.717) is 17.9 Å². The zero-order chi connectivity index (χ0) is 16.8. The first-order chi connectivity index (χ1) is 11.0. The minimum Gasteiger partial charge on any atom is -0.478 e. The molecule has 23 heavy (non-hydrogen) atoms. The number of rotatable bonds is 6. The normalized spacial score (nSPS) is 19.1. The standard InChI is InChI=1S/C17H23NO5/c1-11-9-13(6-7-15(11)17(20)21)18-16(19)12(2)23-10-14-5-3-4-8-22-14/h6-7,9,12,14H,3-5,8,10H2,1-2H3,(H,18,19)(H,20,21). The van der Waals surface area contributed by atoms with Crippen molar-refractivity contribution >= 4 is 17.6 Å². The second-order valence-electron chi connectivity index (χ2n) is 5.79. The zero-order valence-electron chi connectivity index (χ0n) is 13.5. The average Bonchev–Trinajstić information content (AvgIpc) is 2.53. The molecule has 1 heterocycles. The van der Waals surface area contributed by atoms with E-state index in [1.54, 1.807) is 26.0 Å². The van der Waals surface area contributed by atoms with Gasteiger partial charge in [-0.05, 0) is 56.9 Å². The summed E-state index contributed by atoms with van der Waals surface area (Å²) in [6.07, 6.45) is 2.64. The molecule has 1 aromatic carbocycles. The number of hydrogen-bond acceptors (Lipinski definition) is 4. The van der Waals surface area contributed by atoms with Gasteiger partial charge in [0.1, 0.15) is 6.10 Å². The van der Waals surface area contributed by atoms with Gasteiger partial charge in [-0.15, -0.1) is 0 Å². The molecule has 1 aliphatic heterocycles. The number of ether oxygens (including phenoxy) is 2. The number of carboxylic acid groups (broad SMARTS) is 1. The molecule has 0 aliphatic carbocycles. The maximum absolute atomic E-state index is 12.1. The molecule has 0 spiro atoms. The summed E-state index contributed by atoms with van der Waals surface area (Å²) in [7, 11) is 0. The van der Waals surface area contributed by atoms with Gasteiger partial charge in [-0.25, -0.2) is 4.79 Å². The lowest BCUT2D eigenvalue weighted by Gasteiger charge is -2.24. The third-order valence-corrected chi connectivity index (χ3v) is 3.90. The van der Waals surface area contributed by atoms with Crippen molar-refractivity contribution in [1.29, 1.82) is 0 Å². The second-order valence-corrected chi connectivity index (χ2v) is 5.79. The number of aryl methyl sites for hydroxylation is 1. The molecule has 126 valence electrons. The topological polar surface area (TPSA) is 84.9 Å². The first-order valence-electron chi connectivity index (χ1n) is 7.85. The van der Waals surface area contributed by atoms with Crippen molar-refractivity contribution in [2.45, 2.75) is 45.3 Å². The van der Waals surface area contributed by atoms with Crippen molar-refractivity contribution < 1.29 is 24.2 Å². The molecule has 2 N–H and O–H groups in total. The van der Waals surface area contributed by atoms with Gasteiger partial charge in [-0.3, -0.25) is 4.79 Å². The predicted octanol–water partition coefficient (Wildman–Crippen LogP) is 2.61. The maximum atomic E-state index is 12.1. The Hall–Kier alpha value is -1.92. The van der Waals surface area contributed by atoms with Crippen LogP contribution in [0.15, 0.2) is 18.2 Å². The summed E-state index contributed by atoms with van der Waals surface area (Å²) in [6, 6.07) is 4.69. The van der Waals surface area contributed by atoms with Crippen LogP contribution in [-0.2, 0) is 14.3 Å². The van der Waals surface area contributed by atoms with Crippen LogP contribution in [0.5, 0.6) is 0 Å². The Morgan fingerprint density at radius 2 is 2.22 bits per heavy atom. The molecule has 1 saturated heterocycles. The molecule has 1 fully saturated rings. The van der Waals surface area contributed by atoms with Crippen LogP contribution in [0.3, 0.4) is 0 Å². The summed E-state index contributed by atoms with van der Waals surface area (Å²) in [5.74, 6) is -1.24. The van der Waals surface area contributed by atoms with Crippen LogP contribution in [-0.4, -0.2) is 42.4 Å². The summed E-state index contributed by atoms with van der Waals surface area (Å²) >= 11 is 0. The van der Waals surface area contributed by atoms with E-state index in [0.717, 1.165) is 25.9 Å². The highest BCUT2D eigenvalue weighted by Crippen LogP contribution is 2.16. The second kappa shape index (κ2) is 8.08. The molecule has 2 unspecified atom stereocenters. The van der Waals surface area contributed by atoms with Gasteiger partial charge in [0.25, 0.3) is 5.91 Å². The lowest BCUT2D eigenvalue weighted by molar-refractivity contribution is -0.130. The molecule has 6 nitrogen and oxygen atoms in total. The summed E-state index contributed by atoms with van der Waals surface area (Å²) in [4.78, 5) is 23.1. The van der Waals surface area contributed by atoms with Crippen LogP contribution >= 0.6 is 0 Å². The Morgan fingerprint density at radius 3 is 2.83 bits per heavy atom. The Labute approximate surface area is 135 Å². The van der Waals surface area contributed by atoms with Gasteiger partial charge in [-0.2, -0.15) is 0 Å². The molecule has 1 aromatic rings. The minimum atomic E-state index is -0.982. The fraction of sp³-hybridized carbons (Fsp3) is 0.529. The number of aromatic carboxylic acids is 1. The Morgan fingerprint density at radius 1 is 1.43 bits per heavy atom.